The van der Waals surface area contributed by atoms with Gasteiger partial charge in [-0.15, -0.1) is 0 Å². The summed E-state index contributed by atoms with van der Waals surface area (Å²) in [6.45, 7) is 4.35. The Morgan fingerprint density at radius 3 is 2.44 bits per heavy atom. The fourth-order valence-electron chi connectivity index (χ4n) is 2.78. The van der Waals surface area contributed by atoms with Crippen LogP contribution in [-0.4, -0.2) is 10.1 Å². The fraction of sp³-hybridized carbons (Fsp3) is 0.143. The van der Waals surface area contributed by atoms with Crippen LogP contribution in [0.4, 0.5) is 4.39 Å². The van der Waals surface area contributed by atoms with Gasteiger partial charge in [0.1, 0.15) is 23.9 Å². The van der Waals surface area contributed by atoms with Crippen LogP contribution in [0.2, 0.25) is 0 Å². The Balaban J connectivity index is 1.47. The van der Waals surface area contributed by atoms with E-state index in [2.05, 4.69) is 16.2 Å². The van der Waals surface area contributed by atoms with Crippen molar-refractivity contribution in [3.8, 4) is 28.8 Å². The van der Waals surface area contributed by atoms with Gasteiger partial charge < -0.3 is 13.7 Å². The van der Waals surface area contributed by atoms with Gasteiger partial charge in [-0.2, -0.15) is 4.98 Å². The van der Waals surface area contributed by atoms with E-state index in [1.807, 2.05) is 26.0 Å². The summed E-state index contributed by atoms with van der Waals surface area (Å²) in [4.78, 5) is 4.30. The molecule has 27 heavy (non-hydrogen) atoms. The summed E-state index contributed by atoms with van der Waals surface area (Å²) >= 11 is 0. The van der Waals surface area contributed by atoms with Crippen LogP contribution in [0.1, 0.15) is 16.9 Å². The van der Waals surface area contributed by atoms with E-state index in [-0.39, 0.29) is 11.7 Å². The Bertz CT molecular complexity index is 1050. The molecule has 4 aromatic rings. The van der Waals surface area contributed by atoms with Crippen LogP contribution in [0.3, 0.4) is 0 Å². The highest BCUT2D eigenvalue weighted by Crippen LogP contribution is 2.25. The largest absolute Gasteiger partial charge is 0.486 e. The molecular weight excluding hydrogens is 347 g/mol. The number of aryl methyl sites for hydroxylation is 2. The minimum Gasteiger partial charge on any atom is -0.486 e. The maximum atomic E-state index is 13.0. The molecule has 4 rings (SSSR count). The van der Waals surface area contributed by atoms with E-state index in [9.17, 15) is 4.39 Å². The lowest BCUT2D eigenvalue weighted by molar-refractivity contribution is 0.270. The third kappa shape index (κ3) is 3.89. The molecule has 0 fully saturated rings. The van der Waals surface area contributed by atoms with Crippen LogP contribution in [0.15, 0.2) is 63.5 Å². The zero-order chi connectivity index (χ0) is 18.8. The standard InChI is InChI=1S/C21H17FN2O3/c1-13-9-14(2)11-18(10-13)25-12-17-7-8-19(26-17)21-23-20(24-27-21)15-3-5-16(22)6-4-15/h3-11H,12H2,1-2H3. The first-order valence-corrected chi connectivity index (χ1v) is 8.47. The number of aromatic nitrogens is 2. The van der Waals surface area contributed by atoms with Crippen molar-refractivity contribution in [2.75, 3.05) is 0 Å². The van der Waals surface area contributed by atoms with Crippen molar-refractivity contribution >= 4 is 0 Å². The van der Waals surface area contributed by atoms with E-state index in [0.29, 0.717) is 29.5 Å². The van der Waals surface area contributed by atoms with Crippen LogP contribution in [0, 0.1) is 19.7 Å². The molecule has 2 aromatic heterocycles. The van der Waals surface area contributed by atoms with Gasteiger partial charge in [-0.25, -0.2) is 4.39 Å². The van der Waals surface area contributed by atoms with Crippen molar-refractivity contribution in [2.24, 2.45) is 0 Å². The maximum absolute atomic E-state index is 13.0. The summed E-state index contributed by atoms with van der Waals surface area (Å²) in [5, 5.41) is 3.91. The second-order valence-electron chi connectivity index (χ2n) is 6.31. The van der Waals surface area contributed by atoms with E-state index in [1.54, 1.807) is 24.3 Å². The molecule has 0 aliphatic heterocycles. The SMILES string of the molecule is Cc1cc(C)cc(OCc2ccc(-c3nc(-c4ccc(F)cc4)no3)o2)c1. The van der Waals surface area contributed by atoms with Gasteiger partial charge in [0.2, 0.25) is 5.82 Å². The average molecular weight is 364 g/mol. The Labute approximate surface area is 155 Å². The average Bonchev–Trinajstić information content (AvgIpc) is 3.29. The van der Waals surface area contributed by atoms with Crippen molar-refractivity contribution in [1.29, 1.82) is 0 Å². The van der Waals surface area contributed by atoms with Crippen molar-refractivity contribution in [3.63, 3.8) is 0 Å². The van der Waals surface area contributed by atoms with Gasteiger partial charge in [0, 0.05) is 5.56 Å². The van der Waals surface area contributed by atoms with Gasteiger partial charge in [-0.05, 0) is 73.5 Å². The number of nitrogens with zero attached hydrogens (tertiary/aromatic N) is 2. The fourth-order valence-corrected chi connectivity index (χ4v) is 2.78. The van der Waals surface area contributed by atoms with Crippen molar-refractivity contribution < 1.29 is 18.1 Å². The third-order valence-corrected chi connectivity index (χ3v) is 3.98. The molecule has 0 spiro atoms. The van der Waals surface area contributed by atoms with Crippen LogP contribution >= 0.6 is 0 Å². The molecule has 0 amide bonds. The van der Waals surface area contributed by atoms with Gasteiger partial charge in [-0.3, -0.25) is 0 Å². The quantitative estimate of drug-likeness (QED) is 0.479. The predicted molar refractivity (Wildman–Crippen MR) is 97.6 cm³/mol. The monoisotopic (exact) mass is 364 g/mol. The Hall–Kier alpha value is -3.41. The molecule has 2 heterocycles. The van der Waals surface area contributed by atoms with Gasteiger partial charge in [0.25, 0.3) is 5.89 Å². The summed E-state index contributed by atoms with van der Waals surface area (Å²) in [5.41, 5.74) is 2.95. The first-order valence-electron chi connectivity index (χ1n) is 8.47. The van der Waals surface area contributed by atoms with Crippen LogP contribution < -0.4 is 4.74 Å². The highest BCUT2D eigenvalue weighted by molar-refractivity contribution is 5.57. The van der Waals surface area contributed by atoms with Gasteiger partial charge in [0.15, 0.2) is 5.76 Å². The first kappa shape index (κ1) is 17.0. The lowest BCUT2D eigenvalue weighted by Crippen LogP contribution is -1.94. The number of hydrogen-bond acceptors (Lipinski definition) is 5. The van der Waals surface area contributed by atoms with E-state index >= 15 is 0 Å². The number of hydrogen-bond donors (Lipinski definition) is 0. The molecule has 6 heteroatoms. The third-order valence-electron chi connectivity index (χ3n) is 3.98. The molecule has 0 N–H and O–H groups in total. The molecule has 0 bridgehead atoms. The second-order valence-corrected chi connectivity index (χ2v) is 6.31. The summed E-state index contributed by atoms with van der Waals surface area (Å²) in [6, 6.07) is 15.5. The van der Waals surface area contributed by atoms with Gasteiger partial charge in [-0.1, -0.05) is 11.2 Å². The van der Waals surface area contributed by atoms with Gasteiger partial charge in [0.05, 0.1) is 0 Å². The van der Waals surface area contributed by atoms with Crippen LogP contribution in [0.5, 0.6) is 5.75 Å². The predicted octanol–water partition coefficient (Wildman–Crippen LogP) is 5.33. The lowest BCUT2D eigenvalue weighted by Gasteiger charge is -2.06. The number of rotatable bonds is 5. The molecule has 0 saturated carbocycles. The molecule has 5 nitrogen and oxygen atoms in total. The van der Waals surface area contributed by atoms with Crippen molar-refractivity contribution in [2.45, 2.75) is 20.5 Å². The molecule has 136 valence electrons. The molecule has 0 aliphatic rings. The van der Waals surface area contributed by atoms with Crippen LogP contribution in [0.25, 0.3) is 23.0 Å². The Morgan fingerprint density at radius 1 is 0.963 bits per heavy atom. The second kappa shape index (κ2) is 7.07. The van der Waals surface area contributed by atoms with E-state index in [4.69, 9.17) is 13.7 Å². The van der Waals surface area contributed by atoms with Crippen LogP contribution in [-0.2, 0) is 6.61 Å². The normalized spacial score (nSPS) is 10.9. The Morgan fingerprint density at radius 2 is 1.70 bits per heavy atom. The minimum atomic E-state index is -0.318. The molecule has 0 radical (unpaired) electrons. The summed E-state index contributed by atoms with van der Waals surface area (Å²) < 4.78 is 29.8. The van der Waals surface area contributed by atoms with Gasteiger partial charge >= 0.3 is 0 Å². The summed E-state index contributed by atoms with van der Waals surface area (Å²) in [5.74, 6) is 2.20. The van der Waals surface area contributed by atoms with Crippen molar-refractivity contribution in [1.82, 2.24) is 10.1 Å². The molecule has 0 saturated heterocycles. The van der Waals surface area contributed by atoms with Crippen molar-refractivity contribution in [3.05, 3.63) is 77.3 Å². The molecule has 2 aromatic carbocycles. The number of furan rings is 1. The van der Waals surface area contributed by atoms with E-state index in [1.165, 1.54) is 12.1 Å². The zero-order valence-electron chi connectivity index (χ0n) is 14.9. The number of halogens is 1. The number of ether oxygens (including phenoxy) is 1. The molecule has 0 aliphatic carbocycles. The smallest absolute Gasteiger partial charge is 0.293 e. The topological polar surface area (TPSA) is 61.3 Å². The molecule has 0 atom stereocenters. The zero-order valence-corrected chi connectivity index (χ0v) is 14.9. The molecular formula is C21H17FN2O3. The maximum Gasteiger partial charge on any atom is 0.293 e. The Kier molecular flexibility index (Phi) is 4.46. The van der Waals surface area contributed by atoms with E-state index in [0.717, 1.165) is 16.9 Å². The van der Waals surface area contributed by atoms with E-state index < -0.39 is 0 Å². The first-order chi connectivity index (χ1) is 13.1. The summed E-state index contributed by atoms with van der Waals surface area (Å²) in [7, 11) is 0. The lowest BCUT2D eigenvalue weighted by atomic mass is 10.1. The highest BCUT2D eigenvalue weighted by atomic mass is 19.1. The molecule has 0 unspecified atom stereocenters. The number of benzene rings is 2. The summed E-state index contributed by atoms with van der Waals surface area (Å²) in [6.07, 6.45) is 0. The minimum absolute atomic E-state index is 0.256. The highest BCUT2D eigenvalue weighted by Gasteiger charge is 2.14.